The largest absolute Gasteiger partial charge is 0.328 e. The van der Waals surface area contributed by atoms with E-state index in [1.54, 1.807) is 0 Å². The topological polar surface area (TPSA) is 75.3 Å². The molecule has 1 heterocycles. The van der Waals surface area contributed by atoms with Crippen LogP contribution >= 0.6 is 0 Å². The van der Waals surface area contributed by atoms with Gasteiger partial charge in [0.05, 0.1) is 0 Å². The fourth-order valence-electron chi connectivity index (χ4n) is 1.93. The van der Waals surface area contributed by atoms with Crippen LogP contribution in [-0.4, -0.2) is 17.8 Å². The molecule has 4 amide bonds. The third-order valence-corrected chi connectivity index (χ3v) is 2.87. The number of hydrogen-bond acceptors (Lipinski definition) is 3. The number of amides is 4. The van der Waals surface area contributed by atoms with Crippen molar-refractivity contribution in [1.29, 1.82) is 0 Å². The summed E-state index contributed by atoms with van der Waals surface area (Å²) in [5.74, 6) is -1.70. The van der Waals surface area contributed by atoms with Crippen molar-refractivity contribution in [3.05, 3.63) is 0 Å². The lowest BCUT2D eigenvalue weighted by Gasteiger charge is -2.25. The number of barbiturate groups is 1. The Labute approximate surface area is 95.0 Å². The predicted molar refractivity (Wildman–Crippen MR) is 58.5 cm³/mol. The molecule has 5 heteroatoms. The van der Waals surface area contributed by atoms with Crippen molar-refractivity contribution in [3.63, 3.8) is 0 Å². The molecular formula is C11H18N2O3. The molecule has 1 fully saturated rings. The summed E-state index contributed by atoms with van der Waals surface area (Å²) in [6.07, 6.45) is 4.03. The molecule has 0 aromatic carbocycles. The summed E-state index contributed by atoms with van der Waals surface area (Å²) in [6.45, 7) is 3.97. The van der Waals surface area contributed by atoms with Crippen LogP contribution in [0.1, 0.15) is 39.5 Å². The number of hydrogen-bond donors (Lipinski definition) is 2. The van der Waals surface area contributed by atoms with Crippen LogP contribution in [0.25, 0.3) is 0 Å². The first-order valence-corrected chi connectivity index (χ1v) is 5.72. The lowest BCUT2D eigenvalue weighted by molar-refractivity contribution is -0.138. The zero-order valence-corrected chi connectivity index (χ0v) is 9.71. The van der Waals surface area contributed by atoms with Crippen molar-refractivity contribution in [2.75, 3.05) is 0 Å². The summed E-state index contributed by atoms with van der Waals surface area (Å²) >= 11 is 0. The summed E-state index contributed by atoms with van der Waals surface area (Å²) < 4.78 is 0. The Bertz CT molecular complexity index is 282. The van der Waals surface area contributed by atoms with Gasteiger partial charge >= 0.3 is 6.03 Å². The van der Waals surface area contributed by atoms with Gasteiger partial charge < -0.3 is 0 Å². The maximum Gasteiger partial charge on any atom is 0.328 e. The van der Waals surface area contributed by atoms with Crippen LogP contribution in [0, 0.1) is 11.8 Å². The van der Waals surface area contributed by atoms with E-state index in [2.05, 4.69) is 17.6 Å². The van der Waals surface area contributed by atoms with Crippen molar-refractivity contribution in [1.82, 2.24) is 10.6 Å². The Morgan fingerprint density at radius 1 is 1.12 bits per heavy atom. The first-order valence-electron chi connectivity index (χ1n) is 5.72. The summed E-state index contributed by atoms with van der Waals surface area (Å²) in [6, 6.07) is -0.716. The molecule has 1 aliphatic heterocycles. The Balaban J connectivity index is 2.53. The molecule has 1 rings (SSSR count). The van der Waals surface area contributed by atoms with Crippen molar-refractivity contribution in [3.8, 4) is 0 Å². The molecular weight excluding hydrogens is 208 g/mol. The van der Waals surface area contributed by atoms with Gasteiger partial charge in [-0.3, -0.25) is 20.2 Å². The Morgan fingerprint density at radius 3 is 2.19 bits per heavy atom. The minimum atomic E-state index is -0.727. The summed E-state index contributed by atoms with van der Waals surface area (Å²) in [5, 5.41) is 4.24. The molecule has 0 unspecified atom stereocenters. The highest BCUT2D eigenvalue weighted by atomic mass is 16.2. The molecule has 5 nitrogen and oxygen atoms in total. The lowest BCUT2D eigenvalue weighted by Crippen LogP contribution is -2.57. The van der Waals surface area contributed by atoms with Crippen molar-refractivity contribution in [2.45, 2.75) is 39.5 Å². The first kappa shape index (κ1) is 12.7. The van der Waals surface area contributed by atoms with E-state index in [0.717, 1.165) is 25.7 Å². The fourth-order valence-corrected chi connectivity index (χ4v) is 1.93. The third kappa shape index (κ3) is 3.05. The van der Waals surface area contributed by atoms with E-state index in [1.165, 1.54) is 0 Å². The molecule has 0 bridgehead atoms. The van der Waals surface area contributed by atoms with Gasteiger partial charge in [0.1, 0.15) is 5.92 Å². The van der Waals surface area contributed by atoms with Crippen molar-refractivity contribution >= 4 is 17.8 Å². The normalized spacial score (nSPS) is 19.2. The molecule has 16 heavy (non-hydrogen) atoms. The minimum Gasteiger partial charge on any atom is -0.277 e. The quantitative estimate of drug-likeness (QED) is 0.546. The van der Waals surface area contributed by atoms with E-state index in [9.17, 15) is 14.4 Å². The molecule has 0 spiro atoms. The van der Waals surface area contributed by atoms with Gasteiger partial charge in [0.25, 0.3) is 0 Å². The molecule has 1 atom stereocenters. The first-order chi connectivity index (χ1) is 7.56. The Kier molecular flexibility index (Phi) is 4.46. The molecule has 0 saturated carbocycles. The van der Waals surface area contributed by atoms with Gasteiger partial charge in [0.15, 0.2) is 0 Å². The molecule has 1 saturated heterocycles. The Morgan fingerprint density at radius 2 is 1.69 bits per heavy atom. The average Bonchev–Trinajstić information content (AvgIpc) is 2.16. The smallest absolute Gasteiger partial charge is 0.277 e. The zero-order chi connectivity index (χ0) is 12.1. The van der Waals surface area contributed by atoms with Crippen LogP contribution in [0.3, 0.4) is 0 Å². The zero-order valence-electron chi connectivity index (χ0n) is 9.71. The highest BCUT2D eigenvalue weighted by Gasteiger charge is 2.37. The molecule has 0 aromatic heterocycles. The maximum atomic E-state index is 11.5. The van der Waals surface area contributed by atoms with Gasteiger partial charge in [-0.05, 0) is 12.3 Å². The summed E-state index contributed by atoms with van der Waals surface area (Å²) in [5.41, 5.74) is 0. The Hall–Kier alpha value is -1.39. The van der Waals surface area contributed by atoms with Crippen LogP contribution in [0.4, 0.5) is 4.79 Å². The predicted octanol–water partition coefficient (Wildman–Crippen LogP) is 1.18. The molecule has 0 aromatic rings. The molecule has 0 aliphatic carbocycles. The second-order valence-electron chi connectivity index (χ2n) is 4.26. The van der Waals surface area contributed by atoms with Gasteiger partial charge in [-0.2, -0.15) is 0 Å². The lowest BCUT2D eigenvalue weighted by atomic mass is 9.87. The highest BCUT2D eigenvalue weighted by Crippen LogP contribution is 2.20. The minimum absolute atomic E-state index is 0.0281. The van der Waals surface area contributed by atoms with E-state index in [1.807, 2.05) is 6.92 Å². The number of carbonyl (C=O) groups is 3. The summed E-state index contributed by atoms with van der Waals surface area (Å²) in [7, 11) is 0. The second-order valence-corrected chi connectivity index (χ2v) is 4.26. The fraction of sp³-hybridized carbons (Fsp3) is 0.727. The van der Waals surface area contributed by atoms with Crippen molar-refractivity contribution in [2.24, 2.45) is 11.8 Å². The molecule has 0 radical (unpaired) electrons. The number of unbranched alkanes of at least 4 members (excludes halogenated alkanes) is 2. The highest BCUT2D eigenvalue weighted by molar-refractivity contribution is 6.16. The SMILES string of the molecule is CCCCC[C@@H](C)C1C(=O)NC(=O)NC1=O. The van der Waals surface area contributed by atoms with Gasteiger partial charge in [-0.1, -0.05) is 33.1 Å². The van der Waals surface area contributed by atoms with Gasteiger partial charge in [-0.25, -0.2) is 4.79 Å². The van der Waals surface area contributed by atoms with Crippen LogP contribution in [0.2, 0.25) is 0 Å². The number of carbonyl (C=O) groups excluding carboxylic acids is 3. The van der Waals surface area contributed by atoms with Crippen LogP contribution in [0.5, 0.6) is 0 Å². The monoisotopic (exact) mass is 226 g/mol. The van der Waals surface area contributed by atoms with E-state index in [-0.39, 0.29) is 5.92 Å². The van der Waals surface area contributed by atoms with Crippen LogP contribution in [-0.2, 0) is 9.59 Å². The molecule has 90 valence electrons. The van der Waals surface area contributed by atoms with E-state index < -0.39 is 23.8 Å². The summed E-state index contributed by atoms with van der Waals surface area (Å²) in [4.78, 5) is 33.8. The molecule has 1 aliphatic rings. The average molecular weight is 226 g/mol. The number of rotatable bonds is 5. The number of urea groups is 1. The maximum absolute atomic E-state index is 11.5. The van der Waals surface area contributed by atoms with E-state index in [0.29, 0.717) is 0 Å². The van der Waals surface area contributed by atoms with Crippen LogP contribution < -0.4 is 10.6 Å². The van der Waals surface area contributed by atoms with E-state index >= 15 is 0 Å². The van der Waals surface area contributed by atoms with Crippen molar-refractivity contribution < 1.29 is 14.4 Å². The van der Waals surface area contributed by atoms with Gasteiger partial charge in [0, 0.05) is 0 Å². The van der Waals surface area contributed by atoms with Gasteiger partial charge in [-0.15, -0.1) is 0 Å². The second kappa shape index (κ2) is 5.63. The number of nitrogens with one attached hydrogen (secondary N) is 2. The standard InChI is InChI=1S/C11H18N2O3/c1-3-4-5-6-7(2)8-9(14)12-11(16)13-10(8)15/h7-8H,3-6H2,1-2H3,(H2,12,13,14,15,16)/t7-/m1/s1. The third-order valence-electron chi connectivity index (χ3n) is 2.87. The van der Waals surface area contributed by atoms with Gasteiger partial charge in [0.2, 0.25) is 11.8 Å². The molecule has 2 N–H and O–H groups in total. The van der Waals surface area contributed by atoms with Crippen LogP contribution in [0.15, 0.2) is 0 Å². The van der Waals surface area contributed by atoms with E-state index in [4.69, 9.17) is 0 Å². The number of imide groups is 2.